The summed E-state index contributed by atoms with van der Waals surface area (Å²) in [4.78, 5) is 28.5. The van der Waals surface area contributed by atoms with Crippen LogP contribution in [0.2, 0.25) is 0 Å². The van der Waals surface area contributed by atoms with Crippen LogP contribution in [0.5, 0.6) is 0 Å². The molecule has 1 saturated heterocycles. The number of imidazole rings is 1. The maximum absolute atomic E-state index is 14.2. The molecule has 4 aromatic rings. The predicted octanol–water partition coefficient (Wildman–Crippen LogP) is 2.75. The molecule has 208 valence electrons. The van der Waals surface area contributed by atoms with E-state index in [4.69, 9.17) is 15.8 Å². The number of pyridine rings is 2. The van der Waals surface area contributed by atoms with Crippen LogP contribution in [-0.2, 0) is 0 Å². The molecule has 12 nitrogen and oxygen atoms in total. The zero-order valence-corrected chi connectivity index (χ0v) is 22.0. The third-order valence-corrected chi connectivity index (χ3v) is 7.28. The van der Waals surface area contributed by atoms with Crippen LogP contribution >= 0.6 is 0 Å². The predicted molar refractivity (Wildman–Crippen MR) is 152 cm³/mol. The third kappa shape index (κ3) is 5.65. The molecular weight excluding hydrogens is 513 g/mol. The number of fused-ring (bicyclic) bond motifs is 1. The second-order valence-electron chi connectivity index (χ2n) is 10.1. The highest BCUT2D eigenvalue weighted by Crippen LogP contribution is 2.27. The molecule has 2 aliphatic rings. The molecule has 6 rings (SSSR count). The molecule has 2 fully saturated rings. The van der Waals surface area contributed by atoms with E-state index in [-0.39, 0.29) is 23.5 Å². The number of hydrogen-bond donors (Lipinski definition) is 5. The molecule has 0 spiro atoms. The van der Waals surface area contributed by atoms with E-state index in [9.17, 15) is 9.18 Å². The van der Waals surface area contributed by atoms with Gasteiger partial charge < -0.3 is 31.9 Å². The van der Waals surface area contributed by atoms with Gasteiger partial charge in [-0.05, 0) is 43.9 Å². The van der Waals surface area contributed by atoms with Crippen molar-refractivity contribution in [2.24, 2.45) is 5.73 Å². The normalized spacial score (nSPS) is 19.4. The summed E-state index contributed by atoms with van der Waals surface area (Å²) in [5.74, 6) is 0.933. The van der Waals surface area contributed by atoms with Crippen molar-refractivity contribution in [1.29, 1.82) is 0 Å². The summed E-state index contributed by atoms with van der Waals surface area (Å²) in [5, 5.41) is 17.5. The average molecular weight is 546 g/mol. The number of nitrogens with one attached hydrogen (secondary N) is 4. The first-order chi connectivity index (χ1) is 19.5. The maximum Gasteiger partial charge on any atom is 0.276 e. The maximum atomic E-state index is 14.2. The molecule has 0 atom stereocenters. The van der Waals surface area contributed by atoms with Gasteiger partial charge in [0, 0.05) is 50.5 Å². The van der Waals surface area contributed by atoms with Crippen molar-refractivity contribution in [2.75, 3.05) is 47.0 Å². The number of hydrogen-bond acceptors (Lipinski definition) is 10. The van der Waals surface area contributed by atoms with E-state index in [0.29, 0.717) is 23.0 Å². The molecule has 5 heterocycles. The van der Waals surface area contributed by atoms with E-state index in [2.05, 4.69) is 36.1 Å². The highest BCUT2D eigenvalue weighted by Gasteiger charge is 2.22. The fourth-order valence-electron chi connectivity index (χ4n) is 5.12. The van der Waals surface area contributed by atoms with Crippen LogP contribution in [0.15, 0.2) is 48.9 Å². The standard InChI is InChI=1S/C27H32FN11O/c28-19-15-31-9-8-20(19)35-27(40)22-16-32-26-21(14-24(37-39(22)26)33-18-6-4-17(29)5-7-18)34-23-2-1-3-25(36-23)38-12-10-30-11-13-38/h1-3,8-9,14-18,30H,4-7,10-13,29H2,(H,33,37)(H,34,36)(H,31,35,40). The number of amides is 1. The number of piperazine rings is 1. The number of rotatable bonds is 7. The Bertz CT molecular complexity index is 1500. The molecule has 1 amide bonds. The van der Waals surface area contributed by atoms with Gasteiger partial charge in [0.25, 0.3) is 5.91 Å². The number of carbonyl (C=O) groups is 1. The van der Waals surface area contributed by atoms with Gasteiger partial charge in [0.1, 0.15) is 17.5 Å². The van der Waals surface area contributed by atoms with E-state index >= 15 is 0 Å². The highest BCUT2D eigenvalue weighted by atomic mass is 19.1. The first-order valence-electron chi connectivity index (χ1n) is 13.5. The van der Waals surface area contributed by atoms with E-state index in [1.165, 1.54) is 23.0 Å². The van der Waals surface area contributed by atoms with Gasteiger partial charge in [-0.15, -0.1) is 5.10 Å². The summed E-state index contributed by atoms with van der Waals surface area (Å²) in [6.45, 7) is 3.58. The average Bonchev–Trinajstić information content (AvgIpc) is 3.41. The van der Waals surface area contributed by atoms with Crippen LogP contribution < -0.4 is 31.9 Å². The number of halogens is 1. The zero-order valence-electron chi connectivity index (χ0n) is 22.0. The Kier molecular flexibility index (Phi) is 7.38. The van der Waals surface area contributed by atoms with Gasteiger partial charge in [0.05, 0.1) is 23.8 Å². The summed E-state index contributed by atoms with van der Waals surface area (Å²) in [5.41, 5.74) is 7.35. The monoisotopic (exact) mass is 545 g/mol. The Morgan fingerprint density at radius 3 is 2.67 bits per heavy atom. The Labute approximate surface area is 230 Å². The molecule has 0 aromatic carbocycles. The van der Waals surface area contributed by atoms with Crippen molar-refractivity contribution in [3.63, 3.8) is 0 Å². The first-order valence-corrected chi connectivity index (χ1v) is 13.5. The van der Waals surface area contributed by atoms with E-state index < -0.39 is 11.7 Å². The van der Waals surface area contributed by atoms with Crippen molar-refractivity contribution < 1.29 is 9.18 Å². The van der Waals surface area contributed by atoms with Gasteiger partial charge in [0.15, 0.2) is 17.2 Å². The number of nitrogens with zero attached hydrogens (tertiary/aromatic N) is 6. The molecule has 4 aromatic heterocycles. The van der Waals surface area contributed by atoms with Crippen molar-refractivity contribution in [3.05, 3.63) is 60.4 Å². The zero-order chi connectivity index (χ0) is 27.5. The molecule has 1 aliphatic heterocycles. The van der Waals surface area contributed by atoms with E-state index in [0.717, 1.165) is 63.9 Å². The van der Waals surface area contributed by atoms with Gasteiger partial charge in [-0.2, -0.15) is 0 Å². The van der Waals surface area contributed by atoms with Gasteiger partial charge >= 0.3 is 0 Å². The fourth-order valence-corrected chi connectivity index (χ4v) is 5.12. The Morgan fingerprint density at radius 1 is 1.05 bits per heavy atom. The van der Waals surface area contributed by atoms with Crippen LogP contribution in [0.1, 0.15) is 36.2 Å². The van der Waals surface area contributed by atoms with Crippen molar-refractivity contribution in [2.45, 2.75) is 37.8 Å². The molecular formula is C27H32FN11O. The lowest BCUT2D eigenvalue weighted by Gasteiger charge is -2.28. The Balaban J connectivity index is 1.33. The Hall–Kier alpha value is -4.36. The SMILES string of the molecule is NC1CCC(Nc2cc(Nc3cccc(N4CCNCC4)n3)c3ncc(C(=O)Nc4ccncc4F)n3n2)CC1. The molecule has 40 heavy (non-hydrogen) atoms. The van der Waals surface area contributed by atoms with Crippen molar-refractivity contribution in [3.8, 4) is 0 Å². The lowest BCUT2D eigenvalue weighted by molar-refractivity contribution is 0.102. The van der Waals surface area contributed by atoms with Crippen LogP contribution in [0, 0.1) is 5.82 Å². The molecule has 6 N–H and O–H groups in total. The van der Waals surface area contributed by atoms with Crippen molar-refractivity contribution in [1.82, 2.24) is 29.9 Å². The summed E-state index contributed by atoms with van der Waals surface area (Å²) in [6.07, 6.45) is 7.61. The molecule has 0 radical (unpaired) electrons. The smallest absolute Gasteiger partial charge is 0.276 e. The summed E-state index contributed by atoms with van der Waals surface area (Å²) in [7, 11) is 0. The first kappa shape index (κ1) is 25.9. The minimum atomic E-state index is -0.631. The van der Waals surface area contributed by atoms with Gasteiger partial charge in [-0.3, -0.25) is 9.78 Å². The fraction of sp³-hybridized carbons (Fsp3) is 0.370. The quantitative estimate of drug-likeness (QED) is 0.235. The largest absolute Gasteiger partial charge is 0.366 e. The van der Waals surface area contributed by atoms with Crippen LogP contribution in [0.4, 0.5) is 33.2 Å². The molecule has 0 unspecified atom stereocenters. The lowest BCUT2D eigenvalue weighted by Crippen LogP contribution is -2.43. The number of aromatic nitrogens is 5. The lowest BCUT2D eigenvalue weighted by atomic mass is 9.92. The summed E-state index contributed by atoms with van der Waals surface area (Å²) >= 11 is 0. The second-order valence-corrected chi connectivity index (χ2v) is 10.1. The number of nitrogens with two attached hydrogens (primary N) is 1. The topological polar surface area (TPSA) is 150 Å². The van der Waals surface area contributed by atoms with Crippen molar-refractivity contribution >= 4 is 40.4 Å². The third-order valence-electron chi connectivity index (χ3n) is 7.28. The molecule has 13 heteroatoms. The van der Waals surface area contributed by atoms with Gasteiger partial charge in [0.2, 0.25) is 0 Å². The minimum Gasteiger partial charge on any atom is -0.366 e. The van der Waals surface area contributed by atoms with Gasteiger partial charge in [-0.1, -0.05) is 6.07 Å². The Morgan fingerprint density at radius 2 is 1.88 bits per heavy atom. The van der Waals surface area contributed by atoms with E-state index in [1.807, 2.05) is 24.3 Å². The molecule has 1 saturated carbocycles. The van der Waals surface area contributed by atoms with E-state index in [1.54, 1.807) is 0 Å². The highest BCUT2D eigenvalue weighted by molar-refractivity contribution is 6.03. The van der Waals surface area contributed by atoms with Crippen LogP contribution in [0.25, 0.3) is 5.65 Å². The number of anilines is 5. The summed E-state index contributed by atoms with van der Waals surface area (Å²) < 4.78 is 15.6. The number of carbonyl (C=O) groups excluding carboxylic acids is 1. The van der Waals surface area contributed by atoms with Crippen LogP contribution in [0.3, 0.4) is 0 Å². The second kappa shape index (κ2) is 11.4. The van der Waals surface area contributed by atoms with Crippen LogP contribution in [-0.4, -0.2) is 68.7 Å². The molecule has 1 aliphatic carbocycles. The minimum absolute atomic E-state index is 0.0232. The summed E-state index contributed by atoms with van der Waals surface area (Å²) in [6, 6.07) is 9.55. The van der Waals surface area contributed by atoms with Gasteiger partial charge in [-0.25, -0.2) is 18.9 Å². The molecule has 0 bridgehead atoms.